The predicted molar refractivity (Wildman–Crippen MR) is 214 cm³/mol. The van der Waals surface area contributed by atoms with Crippen LogP contribution in [0.3, 0.4) is 0 Å². The van der Waals surface area contributed by atoms with Crippen molar-refractivity contribution in [3.63, 3.8) is 0 Å². The van der Waals surface area contributed by atoms with E-state index in [0.29, 0.717) is 17.5 Å². The Morgan fingerprint density at radius 1 is 0.431 bits per heavy atom. The van der Waals surface area contributed by atoms with Gasteiger partial charge in [-0.15, -0.1) is 11.3 Å². The minimum atomic E-state index is 0.627. The fourth-order valence-corrected chi connectivity index (χ4v) is 8.56. The van der Waals surface area contributed by atoms with Crippen molar-refractivity contribution in [3.8, 4) is 51.0 Å². The topological polar surface area (TPSA) is 43.6 Å². The molecule has 10 rings (SSSR count). The molecule has 0 unspecified atom stereocenters. The Morgan fingerprint density at radius 2 is 1.06 bits per heavy atom. The Labute approximate surface area is 299 Å². The number of para-hydroxylation sites is 1. The lowest BCUT2D eigenvalue weighted by Crippen LogP contribution is -2.04. The Bertz CT molecular complexity index is 2870. The first-order valence-electron chi connectivity index (χ1n) is 17.1. The van der Waals surface area contributed by atoms with Crippen molar-refractivity contribution >= 4 is 53.3 Å². The Hall–Kier alpha value is -6.43. The summed E-state index contributed by atoms with van der Waals surface area (Å²) < 4.78 is 4.94. The molecule has 0 atom stereocenters. The van der Waals surface area contributed by atoms with Crippen molar-refractivity contribution in [2.75, 3.05) is 0 Å². The Morgan fingerprint density at radius 3 is 1.82 bits per heavy atom. The molecular formula is C46H30N4S. The van der Waals surface area contributed by atoms with Gasteiger partial charge in [0.25, 0.3) is 0 Å². The Kier molecular flexibility index (Phi) is 6.86. The van der Waals surface area contributed by atoms with Gasteiger partial charge in [0, 0.05) is 47.6 Å². The lowest BCUT2D eigenvalue weighted by molar-refractivity contribution is 1.06. The van der Waals surface area contributed by atoms with Gasteiger partial charge in [-0.05, 0) is 53.9 Å². The number of fused-ring (bicyclic) bond motifs is 6. The van der Waals surface area contributed by atoms with Crippen LogP contribution in [0, 0.1) is 6.92 Å². The fraction of sp³-hybridized carbons (Fsp3) is 0.0217. The van der Waals surface area contributed by atoms with Crippen molar-refractivity contribution in [2.45, 2.75) is 6.92 Å². The summed E-state index contributed by atoms with van der Waals surface area (Å²) in [7, 11) is 0. The molecule has 4 nitrogen and oxygen atoms in total. The smallest absolute Gasteiger partial charge is 0.166 e. The molecule has 0 aliphatic carbocycles. The van der Waals surface area contributed by atoms with E-state index in [1.54, 1.807) is 0 Å². The molecule has 0 aliphatic rings. The molecule has 0 fully saturated rings. The molecule has 0 spiro atoms. The quantitative estimate of drug-likeness (QED) is 0.183. The number of thiophene rings is 1. The van der Waals surface area contributed by atoms with Crippen LogP contribution < -0.4 is 0 Å². The largest absolute Gasteiger partial charge is 0.308 e. The summed E-state index contributed by atoms with van der Waals surface area (Å²) >= 11 is 1.85. The molecule has 0 amide bonds. The Balaban J connectivity index is 1.30. The molecule has 0 saturated carbocycles. The zero-order chi connectivity index (χ0) is 33.9. The van der Waals surface area contributed by atoms with E-state index in [4.69, 9.17) is 15.0 Å². The number of aryl methyl sites for hydroxylation is 1. The van der Waals surface area contributed by atoms with Crippen molar-refractivity contribution in [2.24, 2.45) is 0 Å². The molecular weight excluding hydrogens is 641 g/mol. The number of aromatic nitrogens is 4. The van der Waals surface area contributed by atoms with E-state index in [0.717, 1.165) is 39.0 Å². The molecule has 51 heavy (non-hydrogen) atoms. The number of nitrogens with zero attached hydrogens (tertiary/aromatic N) is 4. The standard InChI is InChI=1S/C46H30N4S/c1-29-23-25-35-34-17-8-10-21-39(34)50(41(35)27-29)40-26-24-32(33-19-12-20-37-36-18-9-11-22-42(36)51-43(33)37)28-38(40)46-48-44(30-13-4-2-5-14-30)47-45(49-46)31-15-6-3-7-16-31/h2-28H,1H3. The molecule has 3 heterocycles. The van der Waals surface area contributed by atoms with Gasteiger partial charge in [-0.2, -0.15) is 0 Å². The highest BCUT2D eigenvalue weighted by Crippen LogP contribution is 2.43. The van der Waals surface area contributed by atoms with Crippen LogP contribution in [0.2, 0.25) is 0 Å². The third-order valence-electron chi connectivity index (χ3n) is 9.72. The van der Waals surface area contributed by atoms with Crippen LogP contribution in [0.25, 0.3) is 93.0 Å². The first-order valence-corrected chi connectivity index (χ1v) is 17.9. The van der Waals surface area contributed by atoms with Crippen molar-refractivity contribution in [1.29, 1.82) is 0 Å². The molecule has 5 heteroatoms. The molecule has 0 radical (unpaired) electrons. The van der Waals surface area contributed by atoms with Crippen LogP contribution in [0.5, 0.6) is 0 Å². The second-order valence-corrected chi connectivity index (χ2v) is 14.0. The number of benzene rings is 7. The average molecular weight is 671 g/mol. The number of hydrogen-bond acceptors (Lipinski definition) is 4. The summed E-state index contributed by atoms with van der Waals surface area (Å²) in [6, 6.07) is 57.8. The number of hydrogen-bond donors (Lipinski definition) is 0. The zero-order valence-corrected chi connectivity index (χ0v) is 28.6. The van der Waals surface area contributed by atoms with Crippen LogP contribution in [0.4, 0.5) is 0 Å². The van der Waals surface area contributed by atoms with E-state index in [1.807, 2.05) is 47.7 Å². The molecule has 0 N–H and O–H groups in total. The van der Waals surface area contributed by atoms with E-state index in [1.165, 1.54) is 42.1 Å². The minimum Gasteiger partial charge on any atom is -0.308 e. The maximum absolute atomic E-state index is 5.25. The van der Waals surface area contributed by atoms with Crippen molar-refractivity contribution in [3.05, 3.63) is 169 Å². The normalized spacial score (nSPS) is 11.6. The lowest BCUT2D eigenvalue weighted by atomic mass is 9.99. The summed E-state index contributed by atoms with van der Waals surface area (Å²) in [4.78, 5) is 15.5. The summed E-state index contributed by atoms with van der Waals surface area (Å²) in [6.07, 6.45) is 0. The zero-order valence-electron chi connectivity index (χ0n) is 27.8. The van der Waals surface area contributed by atoms with Gasteiger partial charge in [0.05, 0.1) is 16.7 Å². The molecule has 0 saturated heterocycles. The van der Waals surface area contributed by atoms with Crippen LogP contribution >= 0.6 is 11.3 Å². The monoisotopic (exact) mass is 670 g/mol. The van der Waals surface area contributed by atoms with Gasteiger partial charge in [0.15, 0.2) is 17.5 Å². The molecule has 240 valence electrons. The van der Waals surface area contributed by atoms with Gasteiger partial charge in [-0.25, -0.2) is 15.0 Å². The number of rotatable bonds is 5. The van der Waals surface area contributed by atoms with Gasteiger partial charge < -0.3 is 4.57 Å². The predicted octanol–water partition coefficient (Wildman–Crippen LogP) is 12.3. The van der Waals surface area contributed by atoms with E-state index >= 15 is 0 Å². The van der Waals surface area contributed by atoms with E-state index in [-0.39, 0.29) is 0 Å². The molecule has 0 bridgehead atoms. The SMILES string of the molecule is Cc1ccc2c3ccccc3n(-c3ccc(-c4cccc5c4sc4ccccc45)cc3-c3nc(-c4ccccc4)nc(-c4ccccc4)n3)c2c1. The third-order valence-corrected chi connectivity index (χ3v) is 10.9. The first kappa shape index (κ1) is 29.5. The molecule has 7 aromatic carbocycles. The van der Waals surface area contributed by atoms with Crippen LogP contribution in [-0.4, -0.2) is 19.5 Å². The van der Waals surface area contributed by atoms with E-state index < -0.39 is 0 Å². The second-order valence-electron chi connectivity index (χ2n) is 12.9. The van der Waals surface area contributed by atoms with Gasteiger partial charge in [0.2, 0.25) is 0 Å². The third kappa shape index (κ3) is 4.93. The van der Waals surface area contributed by atoms with Crippen LogP contribution in [0.15, 0.2) is 164 Å². The highest BCUT2D eigenvalue weighted by molar-refractivity contribution is 7.26. The average Bonchev–Trinajstić information content (AvgIpc) is 3.73. The maximum Gasteiger partial charge on any atom is 0.166 e. The van der Waals surface area contributed by atoms with E-state index in [2.05, 4.69) is 139 Å². The van der Waals surface area contributed by atoms with Gasteiger partial charge in [-0.3, -0.25) is 0 Å². The summed E-state index contributed by atoms with van der Waals surface area (Å²) in [5.41, 5.74) is 9.65. The summed E-state index contributed by atoms with van der Waals surface area (Å²) in [5, 5.41) is 4.99. The van der Waals surface area contributed by atoms with Gasteiger partial charge >= 0.3 is 0 Å². The van der Waals surface area contributed by atoms with Crippen LogP contribution in [0.1, 0.15) is 5.56 Å². The van der Waals surface area contributed by atoms with E-state index in [9.17, 15) is 0 Å². The molecule has 0 aliphatic heterocycles. The molecule has 3 aromatic heterocycles. The summed E-state index contributed by atoms with van der Waals surface area (Å²) in [5.74, 6) is 1.91. The van der Waals surface area contributed by atoms with Crippen molar-refractivity contribution < 1.29 is 0 Å². The molecule has 10 aromatic rings. The summed E-state index contributed by atoms with van der Waals surface area (Å²) in [6.45, 7) is 2.15. The second kappa shape index (κ2) is 11.9. The van der Waals surface area contributed by atoms with Crippen LogP contribution in [-0.2, 0) is 0 Å². The first-order chi connectivity index (χ1) is 25.2. The lowest BCUT2D eigenvalue weighted by Gasteiger charge is -2.16. The van der Waals surface area contributed by atoms with Gasteiger partial charge in [-0.1, -0.05) is 133 Å². The highest BCUT2D eigenvalue weighted by Gasteiger charge is 2.21. The minimum absolute atomic E-state index is 0.627. The maximum atomic E-state index is 5.25. The highest BCUT2D eigenvalue weighted by atomic mass is 32.1. The van der Waals surface area contributed by atoms with Crippen molar-refractivity contribution in [1.82, 2.24) is 19.5 Å². The van der Waals surface area contributed by atoms with Gasteiger partial charge in [0.1, 0.15) is 0 Å². The fourth-order valence-electron chi connectivity index (χ4n) is 7.32.